The first-order valence-corrected chi connectivity index (χ1v) is 6.12. The van der Waals surface area contributed by atoms with Gasteiger partial charge in [-0.25, -0.2) is 9.97 Å². The second-order valence-corrected chi connectivity index (χ2v) is 4.65. The van der Waals surface area contributed by atoms with Crippen LogP contribution in [0.25, 0.3) is 11.4 Å². The number of anilines is 1. The van der Waals surface area contributed by atoms with E-state index in [1.165, 1.54) is 0 Å². The van der Waals surface area contributed by atoms with Gasteiger partial charge in [-0.05, 0) is 12.1 Å². The number of nitrogens with zero attached hydrogens (tertiary/aromatic N) is 2. The molecule has 1 N–H and O–H groups in total. The molecule has 0 aliphatic heterocycles. The van der Waals surface area contributed by atoms with Crippen molar-refractivity contribution in [2.45, 2.75) is 6.18 Å². The molecule has 4 nitrogen and oxygen atoms in total. The number of carbonyl (C=O) groups excluding carboxylic acids is 1. The van der Waals surface area contributed by atoms with Gasteiger partial charge >= 0.3 is 6.18 Å². The third-order valence-electron chi connectivity index (χ3n) is 2.31. The third-order valence-corrected chi connectivity index (χ3v) is 2.80. The van der Waals surface area contributed by atoms with Crippen LogP contribution in [0.4, 0.5) is 19.0 Å². The molecule has 1 heterocycles. The van der Waals surface area contributed by atoms with E-state index in [1.807, 2.05) is 0 Å². The van der Waals surface area contributed by atoms with Crippen molar-refractivity contribution in [2.75, 3.05) is 5.32 Å². The fourth-order valence-corrected chi connectivity index (χ4v) is 1.88. The van der Waals surface area contributed by atoms with E-state index in [-0.39, 0.29) is 18.1 Å². The highest BCUT2D eigenvalue weighted by Crippen LogP contribution is 2.31. The van der Waals surface area contributed by atoms with E-state index in [1.54, 1.807) is 24.3 Å². The molecule has 0 bridgehead atoms. The van der Waals surface area contributed by atoms with E-state index in [0.29, 0.717) is 16.1 Å². The van der Waals surface area contributed by atoms with Gasteiger partial charge in [0.25, 0.3) is 0 Å². The Kier molecular flexibility index (Phi) is 4.03. The van der Waals surface area contributed by atoms with Crippen molar-refractivity contribution in [3.63, 3.8) is 0 Å². The summed E-state index contributed by atoms with van der Waals surface area (Å²) in [5.41, 5.74) is -0.716. The van der Waals surface area contributed by atoms with Gasteiger partial charge in [0, 0.05) is 16.1 Å². The Bertz CT molecular complexity index is 646. The van der Waals surface area contributed by atoms with Crippen molar-refractivity contribution in [2.24, 2.45) is 0 Å². The number of hydrogen-bond donors (Lipinski definition) is 1. The highest BCUT2D eigenvalue weighted by atomic mass is 79.9. The van der Waals surface area contributed by atoms with Gasteiger partial charge in [0.15, 0.2) is 11.5 Å². The Labute approximate surface area is 120 Å². The van der Waals surface area contributed by atoms with Crippen LogP contribution in [0.2, 0.25) is 0 Å². The fourth-order valence-electron chi connectivity index (χ4n) is 1.48. The smallest absolute Gasteiger partial charge is 0.313 e. The van der Waals surface area contributed by atoms with Crippen molar-refractivity contribution < 1.29 is 18.0 Å². The lowest BCUT2D eigenvalue weighted by Gasteiger charge is -2.10. The van der Waals surface area contributed by atoms with Crippen molar-refractivity contribution >= 4 is 28.2 Å². The molecule has 0 saturated carbocycles. The molecule has 0 saturated heterocycles. The zero-order valence-corrected chi connectivity index (χ0v) is 11.4. The first-order chi connectivity index (χ1) is 9.40. The van der Waals surface area contributed by atoms with E-state index >= 15 is 0 Å². The number of nitrogens with one attached hydrogen (secondary N) is 1. The normalized spacial score (nSPS) is 11.2. The summed E-state index contributed by atoms with van der Waals surface area (Å²) in [4.78, 5) is 17.7. The quantitative estimate of drug-likeness (QED) is 0.866. The van der Waals surface area contributed by atoms with Crippen molar-refractivity contribution in [3.8, 4) is 11.4 Å². The monoisotopic (exact) mass is 345 g/mol. The van der Waals surface area contributed by atoms with Crippen LogP contribution in [-0.2, 0) is 11.0 Å². The van der Waals surface area contributed by atoms with Crippen molar-refractivity contribution in [3.05, 3.63) is 40.5 Å². The number of halogens is 4. The molecule has 0 atom stereocenters. The maximum Gasteiger partial charge on any atom is 0.433 e. The molecule has 0 unspecified atom stereocenters. The first kappa shape index (κ1) is 14.4. The number of aromatic nitrogens is 2. The van der Waals surface area contributed by atoms with E-state index in [9.17, 15) is 18.0 Å². The van der Waals surface area contributed by atoms with Gasteiger partial charge in [0.1, 0.15) is 5.82 Å². The second-order valence-electron chi connectivity index (χ2n) is 3.73. The second kappa shape index (κ2) is 5.58. The SMILES string of the molecule is O=CNc1cc(C(F)(F)F)nc(-c2cccc(Br)c2)n1. The van der Waals surface area contributed by atoms with Gasteiger partial charge in [-0.3, -0.25) is 4.79 Å². The van der Waals surface area contributed by atoms with Crippen LogP contribution >= 0.6 is 15.9 Å². The number of alkyl halides is 3. The molecular formula is C12H7BrF3N3O. The fraction of sp³-hybridized carbons (Fsp3) is 0.0833. The van der Waals surface area contributed by atoms with Gasteiger partial charge in [0.2, 0.25) is 6.41 Å². The molecule has 20 heavy (non-hydrogen) atoms. The third kappa shape index (κ3) is 3.32. The molecule has 0 radical (unpaired) electrons. The molecule has 2 rings (SSSR count). The predicted molar refractivity (Wildman–Crippen MR) is 69.9 cm³/mol. The maximum absolute atomic E-state index is 12.8. The number of amides is 1. The van der Waals surface area contributed by atoms with Crippen LogP contribution in [0.15, 0.2) is 34.8 Å². The summed E-state index contributed by atoms with van der Waals surface area (Å²) in [5.74, 6) is -0.331. The van der Waals surface area contributed by atoms with Gasteiger partial charge in [0.05, 0.1) is 0 Å². The number of hydrogen-bond acceptors (Lipinski definition) is 3. The molecule has 1 aromatic heterocycles. The number of rotatable bonds is 3. The summed E-state index contributed by atoms with van der Waals surface area (Å²) in [6.45, 7) is 0. The largest absolute Gasteiger partial charge is 0.433 e. The van der Waals surface area contributed by atoms with Gasteiger partial charge in [-0.1, -0.05) is 28.1 Å². The molecule has 0 fully saturated rings. The zero-order valence-electron chi connectivity index (χ0n) is 9.78. The molecular weight excluding hydrogens is 339 g/mol. The van der Waals surface area contributed by atoms with Crippen LogP contribution in [0.3, 0.4) is 0 Å². The highest BCUT2D eigenvalue weighted by Gasteiger charge is 2.33. The minimum atomic E-state index is -4.62. The number of benzene rings is 1. The zero-order chi connectivity index (χ0) is 14.8. The van der Waals surface area contributed by atoms with Crippen molar-refractivity contribution in [1.29, 1.82) is 0 Å². The first-order valence-electron chi connectivity index (χ1n) is 5.32. The average Bonchev–Trinajstić information content (AvgIpc) is 2.38. The maximum atomic E-state index is 12.8. The number of carbonyl (C=O) groups is 1. The Morgan fingerprint density at radius 3 is 2.55 bits per heavy atom. The minimum absolute atomic E-state index is 0.120. The van der Waals surface area contributed by atoms with Crippen molar-refractivity contribution in [1.82, 2.24) is 9.97 Å². The highest BCUT2D eigenvalue weighted by molar-refractivity contribution is 9.10. The van der Waals surface area contributed by atoms with Crippen LogP contribution < -0.4 is 5.32 Å². The molecule has 104 valence electrons. The molecule has 1 aromatic carbocycles. The van der Waals surface area contributed by atoms with Crippen LogP contribution in [0.5, 0.6) is 0 Å². The Morgan fingerprint density at radius 2 is 1.95 bits per heavy atom. The summed E-state index contributed by atoms with van der Waals surface area (Å²) < 4.78 is 39.0. The molecule has 0 aliphatic rings. The summed E-state index contributed by atoms with van der Waals surface area (Å²) >= 11 is 3.22. The molecule has 1 amide bonds. The topological polar surface area (TPSA) is 54.9 Å². The lowest BCUT2D eigenvalue weighted by atomic mass is 10.2. The molecule has 8 heteroatoms. The molecule has 2 aromatic rings. The summed E-state index contributed by atoms with van der Waals surface area (Å²) in [5, 5.41) is 2.10. The summed E-state index contributed by atoms with van der Waals surface area (Å²) in [7, 11) is 0. The van der Waals surface area contributed by atoms with E-state index < -0.39 is 11.9 Å². The lowest BCUT2D eigenvalue weighted by molar-refractivity contribution is -0.141. The average molecular weight is 346 g/mol. The van der Waals surface area contributed by atoms with E-state index in [0.717, 1.165) is 0 Å². The summed E-state index contributed by atoms with van der Waals surface area (Å²) in [6.07, 6.45) is -4.36. The molecule has 0 aliphatic carbocycles. The van der Waals surface area contributed by atoms with Crippen LogP contribution in [0, 0.1) is 0 Å². The Balaban J connectivity index is 2.57. The minimum Gasteiger partial charge on any atom is -0.313 e. The summed E-state index contributed by atoms with van der Waals surface area (Å²) in [6, 6.07) is 7.21. The van der Waals surface area contributed by atoms with Gasteiger partial charge < -0.3 is 5.32 Å². The van der Waals surface area contributed by atoms with Crippen LogP contribution in [0.1, 0.15) is 5.69 Å². The molecule has 0 spiro atoms. The standard InChI is InChI=1S/C12H7BrF3N3O/c13-8-3-1-2-7(4-8)11-18-9(12(14,15)16)5-10(19-11)17-6-20/h1-6H,(H,17,18,19,20). The van der Waals surface area contributed by atoms with Gasteiger partial charge in [-0.2, -0.15) is 13.2 Å². The van der Waals surface area contributed by atoms with E-state index in [4.69, 9.17) is 0 Å². The lowest BCUT2D eigenvalue weighted by Crippen LogP contribution is -2.11. The van der Waals surface area contributed by atoms with Gasteiger partial charge in [-0.15, -0.1) is 0 Å². The predicted octanol–water partition coefficient (Wildman–Crippen LogP) is 3.49. The Hall–Kier alpha value is -1.96. The van der Waals surface area contributed by atoms with E-state index in [2.05, 4.69) is 31.2 Å². The Morgan fingerprint density at radius 1 is 1.20 bits per heavy atom. The van der Waals surface area contributed by atoms with Crippen LogP contribution in [-0.4, -0.2) is 16.4 Å².